The second-order valence-corrected chi connectivity index (χ2v) is 6.74. The average molecular weight is 393 g/mol. The maximum absolute atomic E-state index is 10.0. The molecule has 0 saturated carbocycles. The van der Waals surface area contributed by atoms with Crippen LogP contribution in [0.4, 0.5) is 0 Å². The number of phenols is 1. The van der Waals surface area contributed by atoms with Gasteiger partial charge in [-0.15, -0.1) is 0 Å². The van der Waals surface area contributed by atoms with Crippen molar-refractivity contribution in [2.45, 2.75) is 26.9 Å². The Morgan fingerprint density at radius 1 is 1.07 bits per heavy atom. The van der Waals surface area contributed by atoms with Crippen LogP contribution in [-0.4, -0.2) is 35.0 Å². The van der Waals surface area contributed by atoms with Crippen molar-refractivity contribution in [1.82, 2.24) is 20.4 Å². The summed E-state index contributed by atoms with van der Waals surface area (Å²) in [5.74, 6) is 1.54. The Balaban J connectivity index is 1.69. The molecule has 0 aliphatic rings. The van der Waals surface area contributed by atoms with Crippen molar-refractivity contribution >= 4 is 5.96 Å². The number of nitrogens with one attached hydrogen (secondary N) is 2. The maximum Gasteiger partial charge on any atom is 0.191 e. The van der Waals surface area contributed by atoms with Crippen molar-refractivity contribution in [2.24, 2.45) is 4.99 Å². The van der Waals surface area contributed by atoms with Gasteiger partial charge in [-0.1, -0.05) is 18.2 Å². The van der Waals surface area contributed by atoms with Crippen molar-refractivity contribution < 1.29 is 9.84 Å². The van der Waals surface area contributed by atoms with Crippen molar-refractivity contribution in [3.63, 3.8) is 0 Å². The molecule has 0 fully saturated rings. The summed E-state index contributed by atoms with van der Waals surface area (Å²) in [6.07, 6.45) is 0. The number of aryl methyl sites for hydroxylation is 2. The molecular formula is C22H27N5O2. The number of ether oxygens (including phenoxy) is 1. The van der Waals surface area contributed by atoms with E-state index in [2.05, 4.69) is 38.9 Å². The molecule has 0 amide bonds. The third kappa shape index (κ3) is 4.87. The molecule has 0 atom stereocenters. The zero-order valence-corrected chi connectivity index (χ0v) is 17.2. The number of hydrogen-bond acceptors (Lipinski definition) is 4. The van der Waals surface area contributed by atoms with Gasteiger partial charge < -0.3 is 20.5 Å². The van der Waals surface area contributed by atoms with Crippen LogP contribution in [0.5, 0.6) is 11.5 Å². The molecule has 3 aromatic rings. The number of nitrogens with zero attached hydrogens (tertiary/aromatic N) is 3. The van der Waals surface area contributed by atoms with Crippen LogP contribution in [0.15, 0.2) is 53.5 Å². The Bertz CT molecular complexity index is 1010. The number of aromatic nitrogens is 2. The predicted molar refractivity (Wildman–Crippen MR) is 115 cm³/mol. The highest BCUT2D eigenvalue weighted by Crippen LogP contribution is 2.22. The number of methoxy groups -OCH3 is 1. The first kappa shape index (κ1) is 20.3. The minimum Gasteiger partial charge on any atom is -0.508 e. The molecule has 0 aliphatic heterocycles. The number of benzene rings is 2. The fourth-order valence-corrected chi connectivity index (χ4v) is 3.15. The first-order valence-electron chi connectivity index (χ1n) is 9.43. The van der Waals surface area contributed by atoms with Gasteiger partial charge in [0.05, 0.1) is 18.5 Å². The number of phenolic OH excluding ortho intramolecular Hbond substituents is 1. The van der Waals surface area contributed by atoms with Gasteiger partial charge >= 0.3 is 0 Å². The lowest BCUT2D eigenvalue weighted by atomic mass is 10.1. The number of para-hydroxylation sites is 1. The van der Waals surface area contributed by atoms with Crippen molar-refractivity contribution in [3.05, 3.63) is 71.0 Å². The van der Waals surface area contributed by atoms with Crippen molar-refractivity contribution in [2.75, 3.05) is 14.2 Å². The van der Waals surface area contributed by atoms with Crippen LogP contribution in [0.2, 0.25) is 0 Å². The third-order valence-corrected chi connectivity index (χ3v) is 4.63. The molecule has 0 bridgehead atoms. The van der Waals surface area contributed by atoms with E-state index >= 15 is 0 Å². The van der Waals surface area contributed by atoms with Gasteiger partial charge in [-0.05, 0) is 49.7 Å². The van der Waals surface area contributed by atoms with Crippen LogP contribution in [0.25, 0.3) is 5.69 Å². The summed E-state index contributed by atoms with van der Waals surface area (Å²) in [5.41, 5.74) is 4.94. The highest BCUT2D eigenvalue weighted by molar-refractivity contribution is 5.79. The molecule has 1 aromatic heterocycles. The van der Waals surface area contributed by atoms with Gasteiger partial charge in [0.2, 0.25) is 0 Å². The molecule has 2 aromatic carbocycles. The van der Waals surface area contributed by atoms with E-state index in [9.17, 15) is 5.11 Å². The average Bonchev–Trinajstić information content (AvgIpc) is 3.07. The molecule has 152 valence electrons. The second-order valence-electron chi connectivity index (χ2n) is 6.74. The van der Waals surface area contributed by atoms with E-state index in [1.807, 2.05) is 30.7 Å². The molecule has 0 radical (unpaired) electrons. The van der Waals surface area contributed by atoms with Gasteiger partial charge in [-0.3, -0.25) is 4.99 Å². The normalized spacial score (nSPS) is 11.4. The summed E-state index contributed by atoms with van der Waals surface area (Å²) in [6, 6.07) is 15.4. The van der Waals surface area contributed by atoms with Crippen LogP contribution in [0.1, 0.15) is 22.5 Å². The van der Waals surface area contributed by atoms with Crippen LogP contribution < -0.4 is 15.4 Å². The van der Waals surface area contributed by atoms with Crippen LogP contribution in [-0.2, 0) is 13.1 Å². The molecular weight excluding hydrogens is 366 g/mol. The van der Waals surface area contributed by atoms with Gasteiger partial charge in [0.1, 0.15) is 11.5 Å². The van der Waals surface area contributed by atoms with Crippen LogP contribution in [0.3, 0.4) is 0 Å². The van der Waals surface area contributed by atoms with E-state index in [1.54, 1.807) is 32.4 Å². The number of aromatic hydroxyl groups is 1. The molecule has 29 heavy (non-hydrogen) atoms. The summed E-state index contributed by atoms with van der Waals surface area (Å²) in [6.45, 7) is 5.04. The number of guanidine groups is 1. The summed E-state index contributed by atoms with van der Waals surface area (Å²) >= 11 is 0. The first-order chi connectivity index (χ1) is 14.0. The van der Waals surface area contributed by atoms with E-state index in [0.717, 1.165) is 28.2 Å². The Morgan fingerprint density at radius 3 is 2.45 bits per heavy atom. The molecule has 1 heterocycles. The Morgan fingerprint density at radius 2 is 1.79 bits per heavy atom. The fraction of sp³-hybridized carbons (Fsp3) is 0.273. The van der Waals surface area contributed by atoms with Gasteiger partial charge in [-0.25, -0.2) is 4.68 Å². The lowest BCUT2D eigenvalue weighted by molar-refractivity contribution is 0.410. The molecule has 0 spiro atoms. The van der Waals surface area contributed by atoms with Gasteiger partial charge in [0, 0.05) is 31.4 Å². The van der Waals surface area contributed by atoms with E-state index in [1.165, 1.54) is 0 Å². The van der Waals surface area contributed by atoms with E-state index in [-0.39, 0.29) is 5.75 Å². The zero-order valence-electron chi connectivity index (χ0n) is 17.2. The topological polar surface area (TPSA) is 83.7 Å². The quantitative estimate of drug-likeness (QED) is 0.443. The Hall–Kier alpha value is -3.48. The van der Waals surface area contributed by atoms with Crippen molar-refractivity contribution in [1.29, 1.82) is 0 Å². The monoisotopic (exact) mass is 393 g/mol. The van der Waals surface area contributed by atoms with Crippen LogP contribution in [0, 0.1) is 13.8 Å². The number of aliphatic imine (C=N–C) groups is 1. The molecule has 3 rings (SSSR count). The van der Waals surface area contributed by atoms with Crippen molar-refractivity contribution in [3.8, 4) is 17.2 Å². The summed E-state index contributed by atoms with van der Waals surface area (Å²) < 4.78 is 7.18. The summed E-state index contributed by atoms with van der Waals surface area (Å²) in [5, 5.41) is 21.2. The third-order valence-electron chi connectivity index (χ3n) is 4.63. The molecule has 3 N–H and O–H groups in total. The lowest BCUT2D eigenvalue weighted by Gasteiger charge is -2.15. The highest BCUT2D eigenvalue weighted by Gasteiger charge is 2.10. The first-order valence-corrected chi connectivity index (χ1v) is 9.43. The van der Waals surface area contributed by atoms with Gasteiger partial charge in [0.25, 0.3) is 0 Å². The molecule has 0 aliphatic carbocycles. The largest absolute Gasteiger partial charge is 0.508 e. The standard InChI is InChI=1S/C22H27N5O2/c1-15-11-16(2)27(26-15)20-8-6-5-7-17(20)13-24-22(23-3)25-14-18-12-19(29-4)9-10-21(18)28/h5-12,28H,13-14H2,1-4H3,(H2,23,24,25). The van der Waals surface area contributed by atoms with Gasteiger partial charge in [-0.2, -0.15) is 5.10 Å². The molecule has 7 nitrogen and oxygen atoms in total. The van der Waals surface area contributed by atoms with E-state index in [0.29, 0.717) is 24.8 Å². The summed E-state index contributed by atoms with van der Waals surface area (Å²) in [7, 11) is 3.32. The SMILES string of the molecule is CN=C(NCc1cc(OC)ccc1O)NCc1ccccc1-n1nc(C)cc1C. The van der Waals surface area contributed by atoms with E-state index < -0.39 is 0 Å². The lowest BCUT2D eigenvalue weighted by Crippen LogP contribution is -2.36. The Kier molecular flexibility index (Phi) is 6.39. The maximum atomic E-state index is 10.0. The zero-order chi connectivity index (χ0) is 20.8. The second kappa shape index (κ2) is 9.14. The Labute approximate surface area is 171 Å². The summed E-state index contributed by atoms with van der Waals surface area (Å²) in [4.78, 5) is 4.27. The number of hydrogen-bond donors (Lipinski definition) is 3. The predicted octanol–water partition coefficient (Wildman–Crippen LogP) is 3.07. The molecule has 7 heteroatoms. The smallest absolute Gasteiger partial charge is 0.191 e. The fourth-order valence-electron chi connectivity index (χ4n) is 3.15. The number of rotatable bonds is 6. The molecule has 0 unspecified atom stereocenters. The van der Waals surface area contributed by atoms with Crippen LogP contribution >= 0.6 is 0 Å². The minimum absolute atomic E-state index is 0.212. The molecule has 0 saturated heterocycles. The minimum atomic E-state index is 0.212. The van der Waals surface area contributed by atoms with Gasteiger partial charge in [0.15, 0.2) is 5.96 Å². The highest BCUT2D eigenvalue weighted by atomic mass is 16.5. The van der Waals surface area contributed by atoms with E-state index in [4.69, 9.17) is 4.74 Å².